The molecule has 0 saturated carbocycles. The zero-order chi connectivity index (χ0) is 18.3. The van der Waals surface area contributed by atoms with Gasteiger partial charge in [0.1, 0.15) is 0 Å². The lowest BCUT2D eigenvalue weighted by atomic mass is 10.0. The van der Waals surface area contributed by atoms with Gasteiger partial charge in [0.2, 0.25) is 0 Å². The minimum Gasteiger partial charge on any atom is -0.491 e. The molecule has 132 valence electrons. The van der Waals surface area contributed by atoms with Crippen molar-refractivity contribution in [1.82, 2.24) is 4.98 Å². The Labute approximate surface area is 155 Å². The molecule has 2 aromatic heterocycles. The van der Waals surface area contributed by atoms with E-state index in [4.69, 9.17) is 9.47 Å². The number of anilines is 1. The summed E-state index contributed by atoms with van der Waals surface area (Å²) in [6.45, 7) is 2.63. The van der Waals surface area contributed by atoms with E-state index in [2.05, 4.69) is 11.1 Å². The first-order valence-corrected chi connectivity index (χ1v) is 9.07. The number of rotatable bonds is 4. The number of pyridine rings is 1. The maximum atomic E-state index is 12.7. The summed E-state index contributed by atoms with van der Waals surface area (Å²) < 4.78 is 10.5. The summed E-state index contributed by atoms with van der Waals surface area (Å²) in [6, 6.07) is 9.83. The average Bonchev–Trinajstić information content (AvgIpc) is 3.24. The molecule has 0 atom stereocenters. The number of nitrogens with zero attached hydrogens (tertiary/aromatic N) is 2. The number of carbonyl (C=O) groups excluding carboxylic acids is 1. The predicted molar refractivity (Wildman–Crippen MR) is 102 cm³/mol. The summed E-state index contributed by atoms with van der Waals surface area (Å²) in [4.78, 5) is 20.0. The quantitative estimate of drug-likeness (QED) is 0.691. The lowest BCUT2D eigenvalue weighted by Crippen LogP contribution is -2.22. The third kappa shape index (κ3) is 2.72. The third-order valence-electron chi connectivity index (χ3n) is 4.50. The van der Waals surface area contributed by atoms with Crippen LogP contribution in [0.5, 0.6) is 11.6 Å². The molecule has 4 rings (SSSR count). The number of carbonyl (C=O) groups is 1. The molecule has 0 unspecified atom stereocenters. The number of benzene rings is 1. The third-order valence-corrected chi connectivity index (χ3v) is 5.35. The number of amides is 1. The van der Waals surface area contributed by atoms with Gasteiger partial charge in [-0.05, 0) is 42.3 Å². The Hall–Kier alpha value is -2.86. The lowest BCUT2D eigenvalue weighted by molar-refractivity contribution is 0.0996. The van der Waals surface area contributed by atoms with E-state index >= 15 is 0 Å². The number of hydrogen-bond acceptors (Lipinski definition) is 5. The molecule has 6 heteroatoms. The van der Waals surface area contributed by atoms with Crippen molar-refractivity contribution in [1.29, 1.82) is 0 Å². The maximum Gasteiger partial charge on any atom is 0.258 e. The van der Waals surface area contributed by atoms with Gasteiger partial charge >= 0.3 is 0 Å². The molecular formula is C20H18N2O3S. The summed E-state index contributed by atoms with van der Waals surface area (Å²) in [5.74, 6) is 1.08. The minimum atomic E-state index is 0.0507. The molecule has 3 aromatic rings. The standard InChI is InChI=1S/C20H18N2O3S/c1-12-6-16(11-26-12)22-10-15-7-13(4-5-17(15)20(22)23)14-8-18(24-2)19(25-3)21-9-14/h4-9,11H,10H2,1-3H3. The van der Waals surface area contributed by atoms with Crippen molar-refractivity contribution in [3.63, 3.8) is 0 Å². The van der Waals surface area contributed by atoms with Gasteiger partial charge in [0.05, 0.1) is 26.5 Å². The number of fused-ring (bicyclic) bond motifs is 1. The van der Waals surface area contributed by atoms with Crippen molar-refractivity contribution in [2.75, 3.05) is 19.1 Å². The second-order valence-electron chi connectivity index (χ2n) is 6.11. The Morgan fingerprint density at radius 2 is 1.96 bits per heavy atom. The Bertz CT molecular complexity index is 996. The molecule has 1 amide bonds. The molecule has 0 bridgehead atoms. The van der Waals surface area contributed by atoms with Gasteiger partial charge < -0.3 is 14.4 Å². The molecule has 1 aromatic carbocycles. The van der Waals surface area contributed by atoms with Crippen LogP contribution < -0.4 is 14.4 Å². The van der Waals surface area contributed by atoms with Gasteiger partial charge in [-0.1, -0.05) is 6.07 Å². The van der Waals surface area contributed by atoms with E-state index in [1.165, 1.54) is 4.88 Å². The molecule has 0 spiro atoms. The first-order valence-electron chi connectivity index (χ1n) is 8.19. The van der Waals surface area contributed by atoms with Crippen LogP contribution in [-0.4, -0.2) is 25.1 Å². The van der Waals surface area contributed by atoms with Crippen molar-refractivity contribution >= 4 is 22.9 Å². The number of hydrogen-bond donors (Lipinski definition) is 0. The minimum absolute atomic E-state index is 0.0507. The highest BCUT2D eigenvalue weighted by Gasteiger charge is 2.29. The predicted octanol–water partition coefficient (Wildman–Crippen LogP) is 4.30. The van der Waals surface area contributed by atoms with Crippen LogP contribution in [0.3, 0.4) is 0 Å². The summed E-state index contributed by atoms with van der Waals surface area (Å²) in [6.07, 6.45) is 1.75. The highest BCUT2D eigenvalue weighted by Crippen LogP contribution is 2.35. The fourth-order valence-electron chi connectivity index (χ4n) is 3.17. The molecule has 1 aliphatic rings. The van der Waals surface area contributed by atoms with Gasteiger partial charge in [-0.2, -0.15) is 0 Å². The molecule has 5 nitrogen and oxygen atoms in total. The maximum absolute atomic E-state index is 12.7. The molecule has 3 heterocycles. The average molecular weight is 366 g/mol. The van der Waals surface area contributed by atoms with E-state index in [1.54, 1.807) is 31.8 Å². The zero-order valence-electron chi connectivity index (χ0n) is 14.8. The van der Waals surface area contributed by atoms with Gasteiger partial charge in [0.15, 0.2) is 5.75 Å². The van der Waals surface area contributed by atoms with Crippen LogP contribution in [0.1, 0.15) is 20.8 Å². The molecule has 1 aliphatic heterocycles. The largest absolute Gasteiger partial charge is 0.491 e. The normalized spacial score (nSPS) is 13.0. The van der Waals surface area contributed by atoms with Crippen LogP contribution in [0.25, 0.3) is 11.1 Å². The highest BCUT2D eigenvalue weighted by atomic mass is 32.1. The SMILES string of the molecule is COc1cc(-c2ccc3c(c2)CN(c2csc(C)c2)C3=O)cnc1OC. The van der Waals surface area contributed by atoms with Crippen molar-refractivity contribution in [3.05, 3.63) is 57.9 Å². The molecule has 0 saturated heterocycles. The Morgan fingerprint density at radius 1 is 1.12 bits per heavy atom. The molecular weight excluding hydrogens is 348 g/mol. The van der Waals surface area contributed by atoms with E-state index < -0.39 is 0 Å². The fraction of sp³-hybridized carbons (Fsp3) is 0.200. The van der Waals surface area contributed by atoms with E-state index in [0.717, 1.165) is 27.9 Å². The second-order valence-corrected chi connectivity index (χ2v) is 7.23. The van der Waals surface area contributed by atoms with Gasteiger partial charge in [-0.25, -0.2) is 4.98 Å². The number of ether oxygens (including phenoxy) is 2. The van der Waals surface area contributed by atoms with Gasteiger partial charge in [-0.3, -0.25) is 4.79 Å². The number of aryl methyl sites for hydroxylation is 1. The van der Waals surface area contributed by atoms with Gasteiger partial charge in [-0.15, -0.1) is 11.3 Å². The fourth-order valence-corrected chi connectivity index (χ4v) is 3.86. The molecule has 26 heavy (non-hydrogen) atoms. The van der Waals surface area contributed by atoms with E-state index in [9.17, 15) is 4.79 Å². The number of aromatic nitrogens is 1. The first kappa shape index (κ1) is 16.6. The van der Waals surface area contributed by atoms with Crippen LogP contribution in [0, 0.1) is 6.92 Å². The van der Waals surface area contributed by atoms with Crippen LogP contribution in [-0.2, 0) is 6.54 Å². The van der Waals surface area contributed by atoms with Crippen molar-refractivity contribution in [2.45, 2.75) is 13.5 Å². The topological polar surface area (TPSA) is 51.7 Å². The van der Waals surface area contributed by atoms with Crippen LogP contribution in [0.15, 0.2) is 41.9 Å². The van der Waals surface area contributed by atoms with Crippen LogP contribution >= 0.6 is 11.3 Å². The Kier molecular flexibility index (Phi) is 4.12. The highest BCUT2D eigenvalue weighted by molar-refractivity contribution is 7.10. The van der Waals surface area contributed by atoms with Crippen molar-refractivity contribution in [3.8, 4) is 22.8 Å². The molecule has 0 fully saturated rings. The smallest absolute Gasteiger partial charge is 0.258 e. The summed E-state index contributed by atoms with van der Waals surface area (Å²) in [5.41, 5.74) is 4.65. The van der Waals surface area contributed by atoms with Crippen molar-refractivity contribution in [2.24, 2.45) is 0 Å². The van der Waals surface area contributed by atoms with Gasteiger partial charge in [0.25, 0.3) is 11.8 Å². The van der Waals surface area contributed by atoms with Crippen LogP contribution in [0.2, 0.25) is 0 Å². The number of methoxy groups -OCH3 is 2. The van der Waals surface area contributed by atoms with Crippen LogP contribution in [0.4, 0.5) is 5.69 Å². The zero-order valence-corrected chi connectivity index (χ0v) is 15.6. The lowest BCUT2D eigenvalue weighted by Gasteiger charge is -2.12. The number of thiophene rings is 1. The van der Waals surface area contributed by atoms with E-state index in [1.807, 2.05) is 41.5 Å². The second kappa shape index (κ2) is 6.46. The molecule has 0 N–H and O–H groups in total. The summed E-state index contributed by atoms with van der Waals surface area (Å²) in [7, 11) is 3.15. The first-order chi connectivity index (χ1) is 12.6. The Balaban J connectivity index is 1.69. The monoisotopic (exact) mass is 366 g/mol. The Morgan fingerprint density at radius 3 is 2.65 bits per heavy atom. The van der Waals surface area contributed by atoms with Crippen molar-refractivity contribution < 1.29 is 14.3 Å². The van der Waals surface area contributed by atoms with Gasteiger partial charge in [0, 0.05) is 27.6 Å². The molecule has 0 radical (unpaired) electrons. The summed E-state index contributed by atoms with van der Waals surface area (Å²) >= 11 is 1.65. The van der Waals surface area contributed by atoms with E-state index in [0.29, 0.717) is 18.2 Å². The van der Waals surface area contributed by atoms with E-state index in [-0.39, 0.29) is 5.91 Å². The molecule has 0 aliphatic carbocycles. The summed E-state index contributed by atoms with van der Waals surface area (Å²) in [5, 5.41) is 2.03.